The van der Waals surface area contributed by atoms with Crippen molar-refractivity contribution in [3.05, 3.63) is 0 Å². The monoisotopic (exact) mass is 549 g/mol. The smallest absolute Gasteiger partial charge is 0.306 e. The van der Waals surface area contributed by atoms with Crippen molar-refractivity contribution in [3.63, 3.8) is 0 Å². The highest BCUT2D eigenvalue weighted by atomic mass is 31.2. The van der Waals surface area contributed by atoms with Gasteiger partial charge in [0, 0.05) is 13.0 Å². The maximum Gasteiger partial charge on any atom is 0.306 e. The molecule has 0 aliphatic rings. The first-order valence-corrected chi connectivity index (χ1v) is 16.7. The molecule has 37 heavy (non-hydrogen) atoms. The average molecular weight is 550 g/mol. The van der Waals surface area contributed by atoms with Gasteiger partial charge in [-0.3, -0.25) is 4.79 Å². The van der Waals surface area contributed by atoms with Gasteiger partial charge in [0.2, 0.25) is 0 Å². The maximum absolute atomic E-state index is 12.3. The number of carbonyl (C=O) groups is 1. The van der Waals surface area contributed by atoms with E-state index in [9.17, 15) is 14.3 Å². The van der Waals surface area contributed by atoms with E-state index in [4.69, 9.17) is 14.0 Å². The standard InChI is InChI=1S/C29H60NO6P/c1-7-9-10-11-12-13-14-15-16-17-18-19-21-27(3)24-34-25-28(36-29(31)20-8-2)26-35-37(32,33)23-22-30(4,5)6/h27-28H,7-26H2,1-6H3. The van der Waals surface area contributed by atoms with Crippen molar-refractivity contribution in [1.29, 1.82) is 0 Å². The Morgan fingerprint density at radius 1 is 0.811 bits per heavy atom. The third-order valence-corrected chi connectivity index (χ3v) is 7.80. The van der Waals surface area contributed by atoms with Gasteiger partial charge in [-0.15, -0.1) is 0 Å². The normalized spacial score (nSPS) is 15.3. The minimum Gasteiger partial charge on any atom is -0.778 e. The summed E-state index contributed by atoms with van der Waals surface area (Å²) >= 11 is 0. The molecule has 0 N–H and O–H groups in total. The first-order chi connectivity index (χ1) is 17.5. The van der Waals surface area contributed by atoms with Gasteiger partial charge < -0.3 is 27.9 Å². The molecule has 0 aromatic rings. The van der Waals surface area contributed by atoms with Crippen LogP contribution in [-0.4, -0.2) is 70.2 Å². The zero-order chi connectivity index (χ0) is 28.0. The van der Waals surface area contributed by atoms with E-state index in [0.717, 1.165) is 6.42 Å². The Morgan fingerprint density at radius 2 is 1.35 bits per heavy atom. The second-order valence-corrected chi connectivity index (χ2v) is 13.8. The highest BCUT2D eigenvalue weighted by Crippen LogP contribution is 2.37. The Balaban J connectivity index is 4.10. The van der Waals surface area contributed by atoms with Crippen LogP contribution in [-0.2, 0) is 23.4 Å². The Hall–Kier alpha value is -0.460. The molecule has 0 radical (unpaired) electrons. The summed E-state index contributed by atoms with van der Waals surface area (Å²) in [4.78, 5) is 24.3. The van der Waals surface area contributed by atoms with Crippen molar-refractivity contribution in [3.8, 4) is 0 Å². The van der Waals surface area contributed by atoms with Gasteiger partial charge in [0.05, 0.1) is 47.1 Å². The molecule has 0 fully saturated rings. The second kappa shape index (κ2) is 22.4. The number of esters is 1. The van der Waals surface area contributed by atoms with E-state index in [2.05, 4.69) is 13.8 Å². The summed E-state index contributed by atoms with van der Waals surface area (Å²) in [6.45, 7) is 7.31. The van der Waals surface area contributed by atoms with Gasteiger partial charge in [-0.25, -0.2) is 0 Å². The van der Waals surface area contributed by atoms with E-state index in [-0.39, 0.29) is 25.3 Å². The zero-order valence-corrected chi connectivity index (χ0v) is 26.0. The van der Waals surface area contributed by atoms with Crippen LogP contribution in [0.2, 0.25) is 0 Å². The quantitative estimate of drug-likeness (QED) is 0.0515. The molecule has 0 saturated carbocycles. The number of hydrogen-bond donors (Lipinski definition) is 0. The second-order valence-electron chi connectivity index (χ2n) is 11.8. The summed E-state index contributed by atoms with van der Waals surface area (Å²) < 4.78 is 29.3. The van der Waals surface area contributed by atoms with Crippen molar-refractivity contribution < 1.29 is 32.7 Å². The molecule has 0 heterocycles. The molecule has 3 unspecified atom stereocenters. The lowest BCUT2D eigenvalue weighted by molar-refractivity contribution is -0.868. The summed E-state index contributed by atoms with van der Waals surface area (Å²) in [5.41, 5.74) is 0. The number of unbranched alkanes of at least 4 members (excludes halogenated alkanes) is 11. The molecule has 0 aromatic heterocycles. The van der Waals surface area contributed by atoms with Crippen LogP contribution in [0.4, 0.5) is 0 Å². The van der Waals surface area contributed by atoms with Crippen LogP contribution in [0.5, 0.6) is 0 Å². The number of quaternary nitrogens is 1. The van der Waals surface area contributed by atoms with Gasteiger partial charge in [0.25, 0.3) is 0 Å². The number of rotatable bonds is 26. The van der Waals surface area contributed by atoms with Crippen LogP contribution in [0.25, 0.3) is 0 Å². The molecule has 0 spiro atoms. The van der Waals surface area contributed by atoms with E-state index >= 15 is 0 Å². The lowest BCUT2D eigenvalue weighted by Gasteiger charge is -2.30. The van der Waals surface area contributed by atoms with Crippen LogP contribution < -0.4 is 4.89 Å². The molecular formula is C29H60NO6P. The van der Waals surface area contributed by atoms with E-state index < -0.39 is 13.7 Å². The maximum atomic E-state index is 12.3. The molecule has 0 rings (SSSR count). The lowest BCUT2D eigenvalue weighted by Crippen LogP contribution is -2.38. The molecule has 0 aliphatic heterocycles. The lowest BCUT2D eigenvalue weighted by atomic mass is 10.0. The van der Waals surface area contributed by atoms with Crippen LogP contribution in [0.15, 0.2) is 0 Å². The number of nitrogens with zero attached hydrogens (tertiary/aromatic N) is 1. The largest absolute Gasteiger partial charge is 0.778 e. The Morgan fingerprint density at radius 3 is 1.86 bits per heavy atom. The van der Waals surface area contributed by atoms with E-state index in [1.54, 1.807) is 0 Å². The third-order valence-electron chi connectivity index (χ3n) is 6.51. The molecular weight excluding hydrogens is 489 g/mol. The zero-order valence-electron chi connectivity index (χ0n) is 25.1. The topological polar surface area (TPSA) is 84.9 Å². The van der Waals surface area contributed by atoms with Crippen LogP contribution in [0.3, 0.4) is 0 Å². The van der Waals surface area contributed by atoms with Crippen molar-refractivity contribution in [2.24, 2.45) is 5.92 Å². The minimum atomic E-state index is -4.00. The van der Waals surface area contributed by atoms with Gasteiger partial charge in [0.15, 0.2) is 0 Å². The molecule has 7 nitrogen and oxygen atoms in total. The number of ether oxygens (including phenoxy) is 2. The summed E-state index contributed by atoms with van der Waals surface area (Å²) in [6.07, 6.45) is 17.4. The molecule has 0 bridgehead atoms. The van der Waals surface area contributed by atoms with Crippen molar-refractivity contribution in [1.82, 2.24) is 0 Å². The Kier molecular flexibility index (Phi) is 22.1. The summed E-state index contributed by atoms with van der Waals surface area (Å²) in [6, 6.07) is 0. The molecule has 3 atom stereocenters. The van der Waals surface area contributed by atoms with Gasteiger partial charge >= 0.3 is 5.97 Å². The van der Waals surface area contributed by atoms with E-state index in [1.165, 1.54) is 77.0 Å². The fraction of sp³-hybridized carbons (Fsp3) is 0.966. The molecule has 0 aliphatic carbocycles. The number of carbonyl (C=O) groups excluding carboxylic acids is 1. The summed E-state index contributed by atoms with van der Waals surface area (Å²) in [5, 5.41) is 0. The highest BCUT2D eigenvalue weighted by molar-refractivity contribution is 7.51. The minimum absolute atomic E-state index is 0.0525. The van der Waals surface area contributed by atoms with Gasteiger partial charge in [-0.2, -0.15) is 0 Å². The molecule has 8 heteroatoms. The Labute approximate surface area is 229 Å². The molecule has 222 valence electrons. The summed E-state index contributed by atoms with van der Waals surface area (Å²) in [5.74, 6) is 0.0579. The fourth-order valence-corrected chi connectivity index (χ4v) is 5.43. The van der Waals surface area contributed by atoms with E-state index in [1.807, 2.05) is 28.1 Å². The third kappa shape index (κ3) is 25.6. The molecule has 0 saturated heterocycles. The van der Waals surface area contributed by atoms with Crippen LogP contribution in [0, 0.1) is 5.92 Å². The Bertz CT molecular complexity index is 595. The van der Waals surface area contributed by atoms with Crippen molar-refractivity contribution in [2.75, 3.05) is 53.7 Å². The predicted molar refractivity (Wildman–Crippen MR) is 152 cm³/mol. The first kappa shape index (κ1) is 36.5. The van der Waals surface area contributed by atoms with Gasteiger partial charge in [-0.05, 0) is 18.8 Å². The van der Waals surface area contributed by atoms with E-state index in [0.29, 0.717) is 36.4 Å². The van der Waals surface area contributed by atoms with Gasteiger partial charge in [-0.1, -0.05) is 97.8 Å². The van der Waals surface area contributed by atoms with Crippen LogP contribution in [0.1, 0.15) is 117 Å². The summed E-state index contributed by atoms with van der Waals surface area (Å²) in [7, 11) is 1.79. The average Bonchev–Trinajstić information content (AvgIpc) is 2.82. The molecule has 0 aromatic carbocycles. The highest BCUT2D eigenvalue weighted by Gasteiger charge is 2.21. The first-order valence-electron chi connectivity index (χ1n) is 15.0. The molecule has 0 amide bonds. The SMILES string of the molecule is CCCCCCCCCCCCCCC(C)COCC(COP(=O)([O-])CC[N+](C)(C)C)OC(=O)CCC. The predicted octanol–water partition coefficient (Wildman–Crippen LogP) is 6.72. The fourth-order valence-electron chi connectivity index (χ4n) is 4.07. The van der Waals surface area contributed by atoms with Crippen molar-refractivity contribution in [2.45, 2.75) is 123 Å². The van der Waals surface area contributed by atoms with Crippen molar-refractivity contribution >= 4 is 13.6 Å². The number of hydrogen-bond acceptors (Lipinski definition) is 6. The van der Waals surface area contributed by atoms with Crippen LogP contribution >= 0.6 is 7.60 Å². The van der Waals surface area contributed by atoms with Gasteiger partial charge in [0.1, 0.15) is 13.7 Å².